The first-order chi connectivity index (χ1) is 12.7. The van der Waals surface area contributed by atoms with Crippen LogP contribution >= 0.6 is 11.8 Å². The van der Waals surface area contributed by atoms with Gasteiger partial charge in [-0.2, -0.15) is 0 Å². The van der Waals surface area contributed by atoms with Crippen molar-refractivity contribution in [1.82, 2.24) is 10.2 Å². The fourth-order valence-electron chi connectivity index (χ4n) is 4.23. The number of amides is 1. The van der Waals surface area contributed by atoms with E-state index in [1.807, 2.05) is 6.92 Å². The highest BCUT2D eigenvalue weighted by Crippen LogP contribution is 2.51. The number of alkyl halides is 1. The first-order valence-electron chi connectivity index (χ1n) is 9.32. The molecule has 3 N–H and O–H groups in total. The first kappa shape index (κ1) is 20.6. The van der Waals surface area contributed by atoms with Gasteiger partial charge in [-0.1, -0.05) is 6.92 Å². The number of ether oxygens (including phenoxy) is 1. The summed E-state index contributed by atoms with van der Waals surface area (Å²) in [5.41, 5.74) is 0.0605. The Hall–Kier alpha value is -1.16. The number of carboxylic acid groups (broad SMARTS) is 1. The predicted molar refractivity (Wildman–Crippen MR) is 98.8 cm³/mol. The number of hydrogen-bond acceptors (Lipinski definition) is 6. The number of aliphatic hydroxyl groups is 1. The number of nitrogens with zero attached hydrogens (tertiary/aromatic N) is 1. The average molecular weight is 402 g/mol. The monoisotopic (exact) mass is 402 g/mol. The topological polar surface area (TPSA) is 99.1 Å². The Morgan fingerprint density at radius 3 is 2.78 bits per heavy atom. The summed E-state index contributed by atoms with van der Waals surface area (Å²) < 4.78 is 18.2. The molecular formula is C18H27FN2O5S. The molecule has 0 aromatic carbocycles. The number of rotatable bonds is 8. The van der Waals surface area contributed by atoms with E-state index in [9.17, 15) is 24.2 Å². The lowest BCUT2D eigenvalue weighted by Crippen LogP contribution is -2.63. The molecule has 7 nitrogen and oxygen atoms in total. The normalized spacial score (nSPS) is 35.2. The molecule has 2 saturated heterocycles. The molecule has 0 saturated carbocycles. The first-order valence-corrected chi connectivity index (χ1v) is 10.2. The maximum atomic E-state index is 12.8. The third-order valence-corrected chi connectivity index (χ3v) is 6.96. The van der Waals surface area contributed by atoms with Crippen LogP contribution in [0.4, 0.5) is 4.39 Å². The molecule has 3 rings (SSSR count). The van der Waals surface area contributed by atoms with Gasteiger partial charge in [0.1, 0.15) is 11.9 Å². The van der Waals surface area contributed by atoms with Gasteiger partial charge >= 0.3 is 5.97 Å². The van der Waals surface area contributed by atoms with Crippen molar-refractivity contribution < 1.29 is 28.9 Å². The molecule has 0 aromatic heterocycles. The number of aliphatic carboxylic acids is 1. The van der Waals surface area contributed by atoms with Crippen LogP contribution in [0.1, 0.15) is 27.2 Å². The molecule has 1 unspecified atom stereocenters. The van der Waals surface area contributed by atoms with Crippen LogP contribution in [0, 0.1) is 11.8 Å². The van der Waals surface area contributed by atoms with Gasteiger partial charge in [-0.25, -0.2) is 9.18 Å². The van der Waals surface area contributed by atoms with Crippen LogP contribution in [-0.4, -0.2) is 76.4 Å². The van der Waals surface area contributed by atoms with Gasteiger partial charge in [-0.05, 0) is 20.3 Å². The van der Waals surface area contributed by atoms with Gasteiger partial charge in [-0.3, -0.25) is 4.79 Å². The number of thioether (sulfide) groups is 1. The molecule has 2 fully saturated rings. The summed E-state index contributed by atoms with van der Waals surface area (Å²) in [7, 11) is 0. The van der Waals surface area contributed by atoms with E-state index in [0.717, 1.165) is 6.42 Å². The van der Waals surface area contributed by atoms with E-state index in [-0.39, 0.29) is 41.5 Å². The van der Waals surface area contributed by atoms with Crippen LogP contribution in [0.5, 0.6) is 0 Å². The maximum absolute atomic E-state index is 12.8. The van der Waals surface area contributed by atoms with E-state index in [2.05, 4.69) is 5.32 Å². The fourth-order valence-corrected chi connectivity index (χ4v) is 5.75. The minimum atomic E-state index is -1.10. The fraction of sp³-hybridized carbons (Fsp3) is 0.778. The van der Waals surface area contributed by atoms with Crippen molar-refractivity contribution in [3.8, 4) is 0 Å². The summed E-state index contributed by atoms with van der Waals surface area (Å²) in [6.45, 7) is 6.13. The van der Waals surface area contributed by atoms with E-state index in [0.29, 0.717) is 18.1 Å². The summed E-state index contributed by atoms with van der Waals surface area (Å²) in [5.74, 6) is -2.09. The summed E-state index contributed by atoms with van der Waals surface area (Å²) in [6, 6.07) is -0.179. The molecule has 3 heterocycles. The van der Waals surface area contributed by atoms with Crippen LogP contribution < -0.4 is 5.32 Å². The van der Waals surface area contributed by atoms with Crippen LogP contribution in [-0.2, 0) is 14.3 Å². The zero-order valence-electron chi connectivity index (χ0n) is 15.7. The van der Waals surface area contributed by atoms with Gasteiger partial charge in [0, 0.05) is 28.7 Å². The third kappa shape index (κ3) is 3.87. The second-order valence-corrected chi connectivity index (χ2v) is 9.01. The van der Waals surface area contributed by atoms with Gasteiger partial charge < -0.3 is 25.2 Å². The van der Waals surface area contributed by atoms with Gasteiger partial charge in [-0.15, -0.1) is 11.8 Å². The Balaban J connectivity index is 1.66. The second kappa shape index (κ2) is 8.06. The van der Waals surface area contributed by atoms with E-state index in [1.165, 1.54) is 23.6 Å². The summed E-state index contributed by atoms with van der Waals surface area (Å²) in [6.07, 6.45) is -1.01. The SMILES string of the molecule is CC(F)COC[C@@H]1C[C@H](SC2=C(C(=O)O)N3C(=O)[C@H]([C@@H](C)O)[C@H]3[C@H]2C)CN1. The number of halogens is 1. The van der Waals surface area contributed by atoms with Crippen molar-refractivity contribution in [3.63, 3.8) is 0 Å². The molecule has 27 heavy (non-hydrogen) atoms. The largest absolute Gasteiger partial charge is 0.477 e. The molecule has 7 atom stereocenters. The van der Waals surface area contributed by atoms with Crippen molar-refractivity contribution in [2.75, 3.05) is 19.8 Å². The number of hydrogen-bond donors (Lipinski definition) is 3. The highest BCUT2D eigenvalue weighted by atomic mass is 32.2. The molecule has 3 aliphatic heterocycles. The summed E-state index contributed by atoms with van der Waals surface area (Å²) >= 11 is 1.50. The van der Waals surface area contributed by atoms with Crippen LogP contribution in [0.2, 0.25) is 0 Å². The highest BCUT2D eigenvalue weighted by Gasteiger charge is 2.60. The molecule has 0 radical (unpaired) electrons. The number of carboxylic acids is 1. The summed E-state index contributed by atoms with van der Waals surface area (Å²) in [4.78, 5) is 26.2. The molecule has 0 spiro atoms. The van der Waals surface area contributed by atoms with Crippen LogP contribution in [0.25, 0.3) is 0 Å². The molecule has 152 valence electrons. The summed E-state index contributed by atoms with van der Waals surface area (Å²) in [5, 5.41) is 23.0. The van der Waals surface area contributed by atoms with Crippen molar-refractivity contribution >= 4 is 23.6 Å². The van der Waals surface area contributed by atoms with E-state index < -0.39 is 24.2 Å². The average Bonchev–Trinajstić information content (AvgIpc) is 3.09. The highest BCUT2D eigenvalue weighted by molar-refractivity contribution is 8.03. The Morgan fingerprint density at radius 1 is 1.48 bits per heavy atom. The van der Waals surface area contributed by atoms with Crippen molar-refractivity contribution in [1.29, 1.82) is 0 Å². The third-order valence-electron chi connectivity index (χ3n) is 5.45. The quantitative estimate of drug-likeness (QED) is 0.521. The number of fused-ring (bicyclic) bond motifs is 1. The van der Waals surface area contributed by atoms with Crippen molar-refractivity contribution in [2.24, 2.45) is 11.8 Å². The second-order valence-electron chi connectivity index (χ2n) is 7.67. The molecule has 1 amide bonds. The minimum absolute atomic E-state index is 0.0605. The van der Waals surface area contributed by atoms with Gasteiger partial charge in [0.15, 0.2) is 0 Å². The smallest absolute Gasteiger partial charge is 0.353 e. The molecule has 0 aromatic rings. The number of aliphatic hydroxyl groups excluding tert-OH is 1. The van der Waals surface area contributed by atoms with Crippen LogP contribution in [0.15, 0.2) is 10.6 Å². The molecule has 0 bridgehead atoms. The molecular weight excluding hydrogens is 375 g/mol. The van der Waals surface area contributed by atoms with Gasteiger partial charge in [0.2, 0.25) is 5.91 Å². The number of β-lactam (4-membered cyclic amide) rings is 1. The van der Waals surface area contributed by atoms with Crippen molar-refractivity contribution in [3.05, 3.63) is 10.6 Å². The Kier molecular flexibility index (Phi) is 6.14. The Bertz CT molecular complexity index is 641. The van der Waals surface area contributed by atoms with E-state index >= 15 is 0 Å². The lowest BCUT2D eigenvalue weighted by Gasteiger charge is -2.46. The van der Waals surface area contributed by atoms with Gasteiger partial charge in [0.05, 0.1) is 31.3 Å². The molecule has 0 aliphatic carbocycles. The Morgan fingerprint density at radius 2 is 2.19 bits per heavy atom. The number of nitrogens with one attached hydrogen (secondary N) is 1. The lowest BCUT2D eigenvalue weighted by molar-refractivity contribution is -0.163. The predicted octanol–water partition coefficient (Wildman–Crippen LogP) is 0.978. The van der Waals surface area contributed by atoms with E-state index in [4.69, 9.17) is 4.74 Å². The number of carbonyl (C=O) groups excluding carboxylic acids is 1. The lowest BCUT2D eigenvalue weighted by atomic mass is 9.79. The molecule has 9 heteroatoms. The van der Waals surface area contributed by atoms with E-state index in [1.54, 1.807) is 6.92 Å². The zero-order valence-corrected chi connectivity index (χ0v) is 16.5. The molecule has 3 aliphatic rings. The Labute approximate surface area is 162 Å². The minimum Gasteiger partial charge on any atom is -0.477 e. The van der Waals surface area contributed by atoms with Crippen molar-refractivity contribution in [2.45, 2.75) is 56.8 Å². The maximum Gasteiger partial charge on any atom is 0.353 e. The van der Waals surface area contributed by atoms with Crippen LogP contribution in [0.3, 0.4) is 0 Å². The van der Waals surface area contributed by atoms with Gasteiger partial charge in [0.25, 0.3) is 0 Å². The number of carbonyl (C=O) groups is 2. The standard InChI is InChI=1S/C18H27FN2O5S/c1-8(19)6-26-7-11-4-12(5-20-11)27-16-9(2)14-13(10(3)22)17(23)21(14)15(16)18(24)25/h8-14,20,22H,4-7H2,1-3H3,(H,24,25)/t8?,9-,10-,11+,12+,13-,14-/m1/s1. The zero-order chi connectivity index (χ0) is 19.9.